The molecule has 0 saturated carbocycles. The third-order valence-electron chi connectivity index (χ3n) is 11.7. The summed E-state index contributed by atoms with van der Waals surface area (Å²) in [5, 5.41) is 11.0. The lowest BCUT2D eigenvalue weighted by molar-refractivity contribution is -0.130. The molecule has 0 spiro atoms. The highest BCUT2D eigenvalue weighted by molar-refractivity contribution is 7.86. The second-order valence-electron chi connectivity index (χ2n) is 17.8. The van der Waals surface area contributed by atoms with Gasteiger partial charge in [0.15, 0.2) is 0 Å². The number of carbonyl (C=O) groups excluding carboxylic acids is 5. The number of carbonyl (C=O) groups is 5. The number of benzene rings is 4. The summed E-state index contributed by atoms with van der Waals surface area (Å²) in [7, 11) is -8.80. The molecule has 14 N–H and O–H groups in total. The Labute approximate surface area is 416 Å². The van der Waals surface area contributed by atoms with E-state index in [0.29, 0.717) is 75.3 Å². The van der Waals surface area contributed by atoms with E-state index < -0.39 is 80.4 Å². The number of amides is 4. The van der Waals surface area contributed by atoms with Crippen LogP contribution in [0.3, 0.4) is 0 Å². The SMILES string of the molecule is Cc1ccc(CC(N)NC(=O)C(CCCCCC(=O)CCCCCC(NC(=O)C(N)Cc2ccc(S(=O)(=O)O)cc2)C(=O)NC(N)Cc2ccccc2)NC(=O)C(N)Cc2ccc(S(=O)(=O)O)cc2)cc1. The Kier molecular flexibility index (Phi) is 22.9. The Morgan fingerprint density at radius 1 is 0.451 bits per heavy atom. The van der Waals surface area contributed by atoms with Crippen molar-refractivity contribution in [2.75, 3.05) is 0 Å². The third kappa shape index (κ3) is 21.1. The molecule has 0 saturated heterocycles. The molecule has 0 aliphatic rings. The van der Waals surface area contributed by atoms with E-state index in [1.54, 1.807) is 0 Å². The maximum atomic E-state index is 13.5. The minimum atomic E-state index is -4.40. The number of rotatable bonds is 30. The zero-order valence-corrected chi connectivity index (χ0v) is 41.5. The van der Waals surface area contributed by atoms with Crippen LogP contribution in [-0.2, 0) is 69.9 Å². The molecule has 4 aromatic rings. The topological polar surface area (TPSA) is 346 Å². The Bertz CT molecular complexity index is 2590. The van der Waals surface area contributed by atoms with Crippen LogP contribution in [0.5, 0.6) is 0 Å². The largest absolute Gasteiger partial charge is 0.343 e. The van der Waals surface area contributed by atoms with Crippen molar-refractivity contribution in [3.05, 3.63) is 131 Å². The molecule has 0 aliphatic carbocycles. The molecule has 0 aromatic heterocycles. The van der Waals surface area contributed by atoms with Crippen molar-refractivity contribution in [3.63, 3.8) is 0 Å². The number of Topliss-reactive ketones (excluding diaryl/α,β-unsaturated/α-hetero) is 1. The van der Waals surface area contributed by atoms with Gasteiger partial charge < -0.3 is 44.2 Å². The van der Waals surface area contributed by atoms with Gasteiger partial charge in [0.2, 0.25) is 23.6 Å². The van der Waals surface area contributed by atoms with Gasteiger partial charge in [0.25, 0.3) is 20.2 Å². The molecule has 6 atom stereocenters. The van der Waals surface area contributed by atoms with E-state index in [-0.39, 0.29) is 41.3 Å². The monoisotopic (exact) mass is 1020 g/mol. The van der Waals surface area contributed by atoms with Crippen molar-refractivity contribution in [3.8, 4) is 0 Å². The summed E-state index contributed by atoms with van der Waals surface area (Å²) in [4.78, 5) is 65.8. The van der Waals surface area contributed by atoms with Gasteiger partial charge in [0, 0.05) is 25.7 Å². The summed E-state index contributed by atoms with van der Waals surface area (Å²) in [6.07, 6.45) is 3.51. The predicted molar refractivity (Wildman–Crippen MR) is 268 cm³/mol. The Morgan fingerprint density at radius 2 is 0.803 bits per heavy atom. The molecule has 4 aromatic carbocycles. The quantitative estimate of drug-likeness (QED) is 0.0204. The van der Waals surface area contributed by atoms with Gasteiger partial charge in [-0.25, -0.2) is 0 Å². The normalized spacial score (nSPS) is 14.2. The van der Waals surface area contributed by atoms with Crippen LogP contribution in [-0.4, -0.2) is 91.9 Å². The van der Waals surface area contributed by atoms with Crippen molar-refractivity contribution in [2.45, 2.75) is 143 Å². The molecule has 4 rings (SSSR count). The summed E-state index contributed by atoms with van der Waals surface area (Å²) in [5.41, 5.74) is 28.9. The van der Waals surface area contributed by atoms with Gasteiger partial charge in [-0.3, -0.25) is 33.1 Å². The van der Waals surface area contributed by atoms with Crippen molar-refractivity contribution < 1.29 is 49.9 Å². The number of nitrogens with two attached hydrogens (primary N) is 4. The van der Waals surface area contributed by atoms with Crippen LogP contribution in [0.15, 0.2) is 113 Å². The lowest BCUT2D eigenvalue weighted by Crippen LogP contribution is -2.55. The van der Waals surface area contributed by atoms with E-state index >= 15 is 0 Å². The first-order chi connectivity index (χ1) is 33.6. The van der Waals surface area contributed by atoms with Gasteiger partial charge in [-0.15, -0.1) is 0 Å². The molecular weight excluding hydrogens is 953 g/mol. The zero-order valence-electron chi connectivity index (χ0n) is 39.9. The Balaban J connectivity index is 1.25. The first-order valence-corrected chi connectivity index (χ1v) is 26.4. The summed E-state index contributed by atoms with van der Waals surface area (Å²) in [5.74, 6) is -2.18. The molecule has 0 fully saturated rings. The second-order valence-corrected chi connectivity index (χ2v) is 20.7. The number of unbranched alkanes of at least 4 members (excludes halogenated alkanes) is 4. The molecule has 21 heteroatoms. The molecule has 4 amide bonds. The highest BCUT2D eigenvalue weighted by Gasteiger charge is 2.27. The standard InChI is InChI=1S/C50H68N8O11S2/c1-33-17-19-37(20-18-33)32-46(54)58-50(63)44(56-48(61)42(52)30-36-23-27-40(28-24-36)71(67,68)69)16-10-4-8-14-38(59)13-7-3-9-15-43(49(62)57-45(53)31-34-11-5-2-6-12-34)55-47(60)41(51)29-35-21-25-39(26-22-35)70(64,65)66/h2,5-6,11-12,17-28,41-46H,3-4,7-10,13-16,29-32,51-54H2,1H3,(H,55,60)(H,56,61)(H,57,62)(H,58,63)(H,64,65,66)(H,67,68,69). The molecule has 71 heavy (non-hydrogen) atoms. The average molecular weight is 1020 g/mol. The van der Waals surface area contributed by atoms with Crippen LogP contribution < -0.4 is 44.2 Å². The minimum absolute atomic E-state index is 0.0230. The molecule has 386 valence electrons. The van der Waals surface area contributed by atoms with E-state index in [9.17, 15) is 49.9 Å². The van der Waals surface area contributed by atoms with E-state index in [4.69, 9.17) is 22.9 Å². The maximum absolute atomic E-state index is 13.5. The first kappa shape index (κ1) is 57.7. The number of aryl methyl sites for hydroxylation is 1. The van der Waals surface area contributed by atoms with Gasteiger partial charge in [-0.1, -0.05) is 110 Å². The molecular formula is C50H68N8O11S2. The van der Waals surface area contributed by atoms with E-state index in [2.05, 4.69) is 21.3 Å². The molecule has 6 unspecified atom stereocenters. The number of nitrogens with one attached hydrogen (secondary N) is 4. The van der Waals surface area contributed by atoms with Crippen LogP contribution in [0.25, 0.3) is 0 Å². The third-order valence-corrected chi connectivity index (χ3v) is 13.5. The maximum Gasteiger partial charge on any atom is 0.294 e. The van der Waals surface area contributed by atoms with Crippen molar-refractivity contribution in [2.24, 2.45) is 22.9 Å². The predicted octanol–water partition coefficient (Wildman–Crippen LogP) is 2.66. The van der Waals surface area contributed by atoms with E-state index in [1.807, 2.05) is 61.5 Å². The Morgan fingerprint density at radius 3 is 1.18 bits per heavy atom. The van der Waals surface area contributed by atoms with Crippen molar-refractivity contribution >= 4 is 49.6 Å². The second kappa shape index (κ2) is 28.2. The van der Waals surface area contributed by atoms with Gasteiger partial charge >= 0.3 is 0 Å². The van der Waals surface area contributed by atoms with Gasteiger partial charge in [0.05, 0.1) is 34.2 Å². The van der Waals surface area contributed by atoms with Gasteiger partial charge in [-0.2, -0.15) is 16.8 Å². The molecule has 0 radical (unpaired) electrons. The fraction of sp³-hybridized carbons (Fsp3) is 0.420. The Hall–Kier alpha value is -5.91. The van der Waals surface area contributed by atoms with Crippen molar-refractivity contribution in [1.82, 2.24) is 21.3 Å². The molecule has 19 nitrogen and oxygen atoms in total. The summed E-state index contributed by atoms with van der Waals surface area (Å²) in [6.45, 7) is 1.96. The minimum Gasteiger partial charge on any atom is -0.343 e. The lowest BCUT2D eigenvalue weighted by Gasteiger charge is -2.23. The summed E-state index contributed by atoms with van der Waals surface area (Å²) in [6, 6.07) is 23.4. The van der Waals surface area contributed by atoms with E-state index in [0.717, 1.165) is 16.7 Å². The number of ketones is 1. The fourth-order valence-corrected chi connectivity index (χ4v) is 8.68. The number of hydrogen-bond acceptors (Lipinski definition) is 13. The van der Waals surface area contributed by atoms with Crippen LogP contribution in [0.4, 0.5) is 0 Å². The summed E-state index contributed by atoms with van der Waals surface area (Å²) >= 11 is 0. The van der Waals surface area contributed by atoms with E-state index in [1.165, 1.54) is 48.5 Å². The van der Waals surface area contributed by atoms with Gasteiger partial charge in [-0.05, 0) is 92.0 Å². The smallest absolute Gasteiger partial charge is 0.294 e. The zero-order chi connectivity index (χ0) is 52.1. The lowest BCUT2D eigenvalue weighted by atomic mass is 10.0. The number of hydrogen-bond donors (Lipinski definition) is 10. The molecule has 0 aliphatic heterocycles. The average Bonchev–Trinajstić information content (AvgIpc) is 3.31. The van der Waals surface area contributed by atoms with Crippen LogP contribution >= 0.6 is 0 Å². The highest BCUT2D eigenvalue weighted by atomic mass is 32.2. The highest BCUT2D eigenvalue weighted by Crippen LogP contribution is 2.16. The molecule has 0 bridgehead atoms. The fourth-order valence-electron chi connectivity index (χ4n) is 7.72. The van der Waals surface area contributed by atoms with Crippen LogP contribution in [0, 0.1) is 6.92 Å². The molecule has 0 heterocycles. The van der Waals surface area contributed by atoms with Gasteiger partial charge in [0.1, 0.15) is 17.9 Å². The first-order valence-electron chi connectivity index (χ1n) is 23.5. The van der Waals surface area contributed by atoms with Crippen LogP contribution in [0.1, 0.15) is 92.0 Å². The summed E-state index contributed by atoms with van der Waals surface area (Å²) < 4.78 is 64.3. The van der Waals surface area contributed by atoms with Crippen LogP contribution in [0.2, 0.25) is 0 Å². The van der Waals surface area contributed by atoms with Crippen molar-refractivity contribution in [1.29, 1.82) is 0 Å².